The summed E-state index contributed by atoms with van der Waals surface area (Å²) in [7, 11) is -2.93. The van der Waals surface area contributed by atoms with E-state index in [1.54, 1.807) is 12.4 Å². The van der Waals surface area contributed by atoms with Gasteiger partial charge in [0.25, 0.3) is 0 Å². The van der Waals surface area contributed by atoms with Crippen molar-refractivity contribution in [3.8, 4) is 0 Å². The molecule has 1 aliphatic rings. The Hall–Kier alpha value is -1.70. The fourth-order valence-electron chi connectivity index (χ4n) is 2.37. The lowest BCUT2D eigenvalue weighted by atomic mass is 10.2. The zero-order valence-electron chi connectivity index (χ0n) is 10.6. The summed E-state index contributed by atoms with van der Waals surface area (Å²) in [6.07, 6.45) is 4.96. The molecule has 102 valence electrons. The van der Waals surface area contributed by atoms with Crippen molar-refractivity contribution in [3.05, 3.63) is 18.2 Å². The van der Waals surface area contributed by atoms with Crippen LogP contribution in [0.3, 0.4) is 0 Å². The van der Waals surface area contributed by atoms with Gasteiger partial charge in [0.05, 0.1) is 11.5 Å². The van der Waals surface area contributed by atoms with Gasteiger partial charge in [0, 0.05) is 18.4 Å². The molecule has 0 saturated carbocycles. The van der Waals surface area contributed by atoms with Gasteiger partial charge in [0.2, 0.25) is 5.65 Å². The lowest BCUT2D eigenvalue weighted by Crippen LogP contribution is -2.35. The molecule has 0 aliphatic carbocycles. The first kappa shape index (κ1) is 12.3. The maximum absolute atomic E-state index is 11.6. The smallest absolute Gasteiger partial charge is 0.203 e. The number of aryl methyl sites for hydroxylation is 1. The van der Waals surface area contributed by atoms with Crippen molar-refractivity contribution >= 4 is 21.3 Å². The van der Waals surface area contributed by atoms with Crippen LogP contribution in [-0.2, 0) is 9.84 Å². The summed E-state index contributed by atoms with van der Waals surface area (Å²) in [4.78, 5) is 4.23. The fraction of sp³-hybridized carbons (Fsp3) is 0.545. The molecule has 1 unspecified atom stereocenters. The zero-order chi connectivity index (χ0) is 13.5. The quantitative estimate of drug-likeness (QED) is 0.858. The van der Waals surface area contributed by atoms with E-state index in [9.17, 15) is 8.42 Å². The molecule has 0 radical (unpaired) electrons. The van der Waals surface area contributed by atoms with Crippen LogP contribution in [0.5, 0.6) is 0 Å². The second-order valence-electron chi connectivity index (χ2n) is 4.81. The highest BCUT2D eigenvalue weighted by Gasteiger charge is 2.25. The molecule has 0 amide bonds. The molecule has 0 bridgehead atoms. The minimum atomic E-state index is -2.93. The Morgan fingerprint density at radius 2 is 2.26 bits per heavy atom. The average molecular weight is 281 g/mol. The van der Waals surface area contributed by atoms with Crippen LogP contribution < -0.4 is 5.32 Å². The Kier molecular flexibility index (Phi) is 2.89. The van der Waals surface area contributed by atoms with Gasteiger partial charge in [-0.05, 0) is 19.8 Å². The molecule has 1 aliphatic heterocycles. The average Bonchev–Trinajstić information content (AvgIpc) is 2.71. The standard InChI is InChI=1S/C11H15N5O2S/c1-8-14-15-11-10(12-4-5-16(8)11)13-9-3-2-6-19(17,18)7-9/h4-5,9H,2-3,6-7H2,1H3,(H,12,13). The highest BCUT2D eigenvalue weighted by Crippen LogP contribution is 2.19. The maximum atomic E-state index is 11.6. The summed E-state index contributed by atoms with van der Waals surface area (Å²) < 4.78 is 25.1. The van der Waals surface area contributed by atoms with Gasteiger partial charge in [-0.15, -0.1) is 10.2 Å². The Bertz CT molecular complexity index is 709. The number of rotatable bonds is 2. The molecule has 1 N–H and O–H groups in total. The van der Waals surface area contributed by atoms with Crippen molar-refractivity contribution in [2.45, 2.75) is 25.8 Å². The predicted molar refractivity (Wildman–Crippen MR) is 70.8 cm³/mol. The van der Waals surface area contributed by atoms with Crippen LogP contribution in [0.1, 0.15) is 18.7 Å². The van der Waals surface area contributed by atoms with Crippen LogP contribution in [-0.4, -0.2) is 45.5 Å². The second-order valence-corrected chi connectivity index (χ2v) is 7.04. The van der Waals surface area contributed by atoms with E-state index >= 15 is 0 Å². The molecule has 7 nitrogen and oxygen atoms in total. The first-order valence-corrected chi connectivity index (χ1v) is 8.00. The number of aromatic nitrogens is 4. The van der Waals surface area contributed by atoms with E-state index in [1.807, 2.05) is 11.3 Å². The van der Waals surface area contributed by atoms with Crippen molar-refractivity contribution in [1.82, 2.24) is 19.6 Å². The molecule has 0 spiro atoms. The summed E-state index contributed by atoms with van der Waals surface area (Å²) in [6.45, 7) is 1.86. The molecule has 2 aromatic heterocycles. The van der Waals surface area contributed by atoms with E-state index in [4.69, 9.17) is 0 Å². The highest BCUT2D eigenvalue weighted by molar-refractivity contribution is 7.91. The molecular formula is C11H15N5O2S. The van der Waals surface area contributed by atoms with Crippen molar-refractivity contribution in [1.29, 1.82) is 0 Å². The minimum absolute atomic E-state index is 0.102. The first-order valence-electron chi connectivity index (χ1n) is 6.18. The topological polar surface area (TPSA) is 89.2 Å². The van der Waals surface area contributed by atoms with E-state index in [0.717, 1.165) is 12.2 Å². The van der Waals surface area contributed by atoms with Crippen molar-refractivity contribution in [2.75, 3.05) is 16.8 Å². The molecule has 1 fully saturated rings. The van der Waals surface area contributed by atoms with Crippen molar-refractivity contribution in [3.63, 3.8) is 0 Å². The third-order valence-electron chi connectivity index (χ3n) is 3.30. The Morgan fingerprint density at radius 3 is 3.05 bits per heavy atom. The Balaban J connectivity index is 1.89. The monoisotopic (exact) mass is 281 g/mol. The number of hydrogen-bond acceptors (Lipinski definition) is 6. The maximum Gasteiger partial charge on any atom is 0.203 e. The molecule has 3 heterocycles. The van der Waals surface area contributed by atoms with E-state index in [2.05, 4.69) is 20.5 Å². The van der Waals surface area contributed by atoms with E-state index in [-0.39, 0.29) is 17.5 Å². The summed E-state index contributed by atoms with van der Waals surface area (Å²) in [5.74, 6) is 1.80. The van der Waals surface area contributed by atoms with Crippen LogP contribution >= 0.6 is 0 Å². The zero-order valence-corrected chi connectivity index (χ0v) is 11.4. The second kappa shape index (κ2) is 4.44. The molecule has 1 atom stereocenters. The number of sulfone groups is 1. The van der Waals surface area contributed by atoms with Crippen molar-refractivity contribution in [2.24, 2.45) is 0 Å². The van der Waals surface area contributed by atoms with Crippen LogP contribution in [0.25, 0.3) is 5.65 Å². The number of nitrogens with zero attached hydrogens (tertiary/aromatic N) is 4. The lowest BCUT2D eigenvalue weighted by molar-refractivity contribution is 0.561. The minimum Gasteiger partial charge on any atom is -0.363 e. The summed E-state index contributed by atoms with van der Waals surface area (Å²) in [5.41, 5.74) is 0.628. The molecule has 0 aromatic carbocycles. The van der Waals surface area contributed by atoms with Crippen molar-refractivity contribution < 1.29 is 8.42 Å². The van der Waals surface area contributed by atoms with E-state index in [1.165, 1.54) is 0 Å². The van der Waals surface area contributed by atoms with Gasteiger partial charge in [-0.3, -0.25) is 4.40 Å². The summed E-state index contributed by atoms with van der Waals surface area (Å²) in [5, 5.41) is 11.2. The van der Waals surface area contributed by atoms with E-state index < -0.39 is 9.84 Å². The van der Waals surface area contributed by atoms with Gasteiger partial charge >= 0.3 is 0 Å². The lowest BCUT2D eigenvalue weighted by Gasteiger charge is -2.23. The Morgan fingerprint density at radius 1 is 1.42 bits per heavy atom. The summed E-state index contributed by atoms with van der Waals surface area (Å²) in [6, 6.07) is -0.102. The number of anilines is 1. The van der Waals surface area contributed by atoms with Gasteiger partial charge in [-0.25, -0.2) is 13.4 Å². The summed E-state index contributed by atoms with van der Waals surface area (Å²) >= 11 is 0. The van der Waals surface area contributed by atoms with Crippen LogP contribution in [0.15, 0.2) is 12.4 Å². The normalized spacial score (nSPS) is 22.5. The van der Waals surface area contributed by atoms with Crippen LogP contribution in [0.2, 0.25) is 0 Å². The Labute approximate surface area is 111 Å². The molecule has 3 rings (SSSR count). The van der Waals surface area contributed by atoms with Gasteiger partial charge in [0.1, 0.15) is 5.82 Å². The van der Waals surface area contributed by atoms with Gasteiger partial charge in [0.15, 0.2) is 15.7 Å². The third-order valence-corrected chi connectivity index (χ3v) is 5.12. The van der Waals surface area contributed by atoms with Gasteiger partial charge in [-0.2, -0.15) is 0 Å². The van der Waals surface area contributed by atoms with Crippen LogP contribution in [0, 0.1) is 6.92 Å². The molecule has 2 aromatic rings. The van der Waals surface area contributed by atoms with Gasteiger partial charge in [-0.1, -0.05) is 0 Å². The molecule has 1 saturated heterocycles. The van der Waals surface area contributed by atoms with E-state index in [0.29, 0.717) is 17.9 Å². The first-order chi connectivity index (χ1) is 9.05. The molecule has 19 heavy (non-hydrogen) atoms. The SMILES string of the molecule is Cc1nnc2c(NC3CCCS(=O)(=O)C3)nccn12. The number of nitrogens with one attached hydrogen (secondary N) is 1. The predicted octanol–water partition coefficient (Wildman–Crippen LogP) is 0.422. The number of hydrogen-bond donors (Lipinski definition) is 1. The molecule has 8 heteroatoms. The number of fused-ring (bicyclic) bond motifs is 1. The third kappa shape index (κ3) is 2.40. The molecular weight excluding hydrogens is 266 g/mol. The largest absolute Gasteiger partial charge is 0.363 e. The highest BCUT2D eigenvalue weighted by atomic mass is 32.2. The van der Waals surface area contributed by atoms with Gasteiger partial charge < -0.3 is 5.32 Å². The fourth-order valence-corrected chi connectivity index (χ4v) is 4.01. The van der Waals surface area contributed by atoms with Crippen LogP contribution in [0.4, 0.5) is 5.82 Å².